The first-order valence-electron chi connectivity index (χ1n) is 10.3. The standard InChI is InChI=1S/C25H25ClFNO4/c1-14(2)25-20(9-8-18(29)12-19(30)13-23(31)32)24(15-3-6-17(27)7-4-15)21-11-16(26)5-10-22(21)28-25/h3-11,14,18-19,29-30H,12-13H2,1-2H3,(H,31,32). The van der Waals surface area contributed by atoms with E-state index in [0.717, 1.165) is 33.3 Å². The van der Waals surface area contributed by atoms with Crippen LogP contribution in [0.4, 0.5) is 4.39 Å². The summed E-state index contributed by atoms with van der Waals surface area (Å²) < 4.78 is 13.6. The van der Waals surface area contributed by atoms with E-state index in [9.17, 15) is 19.4 Å². The lowest BCUT2D eigenvalue weighted by Gasteiger charge is -2.18. The number of pyridine rings is 1. The van der Waals surface area contributed by atoms with Crippen LogP contribution in [-0.4, -0.2) is 38.5 Å². The van der Waals surface area contributed by atoms with E-state index in [1.807, 2.05) is 19.9 Å². The van der Waals surface area contributed by atoms with Gasteiger partial charge in [0.15, 0.2) is 0 Å². The lowest BCUT2D eigenvalue weighted by atomic mass is 9.90. The number of aromatic nitrogens is 1. The molecule has 7 heteroatoms. The molecule has 0 aliphatic rings. The Hall–Kier alpha value is -2.80. The van der Waals surface area contributed by atoms with E-state index >= 15 is 0 Å². The lowest BCUT2D eigenvalue weighted by molar-refractivity contribution is -0.139. The second kappa shape index (κ2) is 10.2. The van der Waals surface area contributed by atoms with Gasteiger partial charge in [0.1, 0.15) is 5.82 Å². The molecule has 1 aromatic heterocycles. The van der Waals surface area contributed by atoms with E-state index in [0.29, 0.717) is 5.02 Å². The smallest absolute Gasteiger partial charge is 0.305 e. The molecule has 0 fully saturated rings. The summed E-state index contributed by atoms with van der Waals surface area (Å²) in [6.07, 6.45) is 0.455. The topological polar surface area (TPSA) is 90.7 Å². The Labute approximate surface area is 190 Å². The summed E-state index contributed by atoms with van der Waals surface area (Å²) >= 11 is 6.26. The summed E-state index contributed by atoms with van der Waals surface area (Å²) in [5.74, 6) is -1.44. The summed E-state index contributed by atoms with van der Waals surface area (Å²) in [7, 11) is 0. The molecule has 0 saturated heterocycles. The lowest BCUT2D eigenvalue weighted by Crippen LogP contribution is -2.19. The van der Waals surface area contributed by atoms with Crippen molar-refractivity contribution in [2.45, 2.75) is 44.8 Å². The molecule has 3 rings (SSSR count). The van der Waals surface area contributed by atoms with E-state index in [4.69, 9.17) is 21.7 Å². The first kappa shape index (κ1) is 23.9. The van der Waals surface area contributed by atoms with Crippen LogP contribution in [0.25, 0.3) is 28.1 Å². The molecule has 1 heterocycles. The molecule has 0 spiro atoms. The molecule has 2 aromatic carbocycles. The molecule has 3 N–H and O–H groups in total. The molecule has 0 bridgehead atoms. The first-order valence-corrected chi connectivity index (χ1v) is 10.7. The van der Waals surface area contributed by atoms with Crippen molar-refractivity contribution < 1.29 is 24.5 Å². The zero-order valence-corrected chi connectivity index (χ0v) is 18.6. The largest absolute Gasteiger partial charge is 0.481 e. The van der Waals surface area contributed by atoms with Crippen molar-refractivity contribution in [1.29, 1.82) is 0 Å². The molecule has 0 aliphatic heterocycles. The van der Waals surface area contributed by atoms with Crippen LogP contribution in [0.5, 0.6) is 0 Å². The number of carboxylic acids is 1. The van der Waals surface area contributed by atoms with Gasteiger partial charge in [0, 0.05) is 28.0 Å². The van der Waals surface area contributed by atoms with Crippen LogP contribution in [0.1, 0.15) is 43.9 Å². The Morgan fingerprint density at radius 3 is 2.47 bits per heavy atom. The molecular formula is C25H25ClFNO4. The fraction of sp³-hybridized carbons (Fsp3) is 0.280. The van der Waals surface area contributed by atoms with Crippen LogP contribution >= 0.6 is 11.6 Å². The van der Waals surface area contributed by atoms with Gasteiger partial charge in [0.25, 0.3) is 0 Å². The van der Waals surface area contributed by atoms with Crippen molar-refractivity contribution in [2.24, 2.45) is 0 Å². The minimum Gasteiger partial charge on any atom is -0.481 e. The van der Waals surface area contributed by atoms with E-state index in [2.05, 4.69) is 0 Å². The third kappa shape index (κ3) is 5.71. The molecule has 2 atom stereocenters. The summed E-state index contributed by atoms with van der Waals surface area (Å²) in [6.45, 7) is 4.01. The van der Waals surface area contributed by atoms with Gasteiger partial charge >= 0.3 is 5.97 Å². The van der Waals surface area contributed by atoms with Gasteiger partial charge in [-0.1, -0.05) is 49.7 Å². The number of carbonyl (C=O) groups is 1. The van der Waals surface area contributed by atoms with Gasteiger partial charge in [-0.3, -0.25) is 9.78 Å². The maximum atomic E-state index is 13.6. The molecule has 5 nitrogen and oxygen atoms in total. The highest BCUT2D eigenvalue weighted by Gasteiger charge is 2.19. The third-order valence-corrected chi connectivity index (χ3v) is 5.34. The maximum Gasteiger partial charge on any atom is 0.305 e. The minimum absolute atomic E-state index is 0.0451. The molecule has 0 aliphatic carbocycles. The summed E-state index contributed by atoms with van der Waals surface area (Å²) in [5, 5.41) is 30.3. The number of nitrogens with zero attached hydrogens (tertiary/aromatic N) is 1. The minimum atomic E-state index is -1.16. The van der Waals surface area contributed by atoms with Crippen LogP contribution in [0, 0.1) is 5.82 Å². The van der Waals surface area contributed by atoms with E-state index < -0.39 is 24.6 Å². The van der Waals surface area contributed by atoms with Crippen LogP contribution in [0.3, 0.4) is 0 Å². The van der Waals surface area contributed by atoms with Crippen molar-refractivity contribution in [2.75, 3.05) is 0 Å². The van der Waals surface area contributed by atoms with Crippen molar-refractivity contribution in [1.82, 2.24) is 4.98 Å². The third-order valence-electron chi connectivity index (χ3n) is 5.10. The number of hydrogen-bond donors (Lipinski definition) is 3. The van der Waals surface area contributed by atoms with Crippen LogP contribution < -0.4 is 0 Å². The van der Waals surface area contributed by atoms with Gasteiger partial charge in [-0.25, -0.2) is 4.39 Å². The number of benzene rings is 2. The Balaban J connectivity index is 2.16. The molecular weight excluding hydrogens is 433 g/mol. The molecule has 2 unspecified atom stereocenters. The number of aliphatic carboxylic acids is 1. The predicted octanol–water partition coefficient (Wildman–Crippen LogP) is 5.42. The SMILES string of the molecule is CC(C)c1nc2ccc(Cl)cc2c(-c2ccc(F)cc2)c1C=CC(O)CC(O)CC(=O)O. The van der Waals surface area contributed by atoms with Gasteiger partial charge in [-0.05, 0) is 41.8 Å². The van der Waals surface area contributed by atoms with E-state index in [1.54, 1.807) is 30.3 Å². The normalized spacial score (nSPS) is 13.7. The fourth-order valence-electron chi connectivity index (χ4n) is 3.66. The molecule has 3 aromatic rings. The summed E-state index contributed by atoms with van der Waals surface area (Å²) in [4.78, 5) is 15.6. The van der Waals surface area contributed by atoms with Gasteiger partial charge in [-0.2, -0.15) is 0 Å². The Morgan fingerprint density at radius 1 is 1.16 bits per heavy atom. The average Bonchev–Trinajstić information content (AvgIpc) is 2.71. The van der Waals surface area contributed by atoms with Crippen LogP contribution in [0.15, 0.2) is 48.5 Å². The number of halogens is 2. The average molecular weight is 458 g/mol. The zero-order chi connectivity index (χ0) is 23.4. The van der Waals surface area contributed by atoms with Gasteiger partial charge in [-0.15, -0.1) is 0 Å². The number of aliphatic hydroxyl groups is 2. The van der Waals surface area contributed by atoms with Gasteiger partial charge in [0.2, 0.25) is 0 Å². The highest BCUT2D eigenvalue weighted by atomic mass is 35.5. The number of rotatable bonds is 8. The highest BCUT2D eigenvalue weighted by Crippen LogP contribution is 2.37. The molecule has 0 amide bonds. The Morgan fingerprint density at radius 2 is 1.84 bits per heavy atom. The predicted molar refractivity (Wildman–Crippen MR) is 124 cm³/mol. The van der Waals surface area contributed by atoms with Crippen LogP contribution in [-0.2, 0) is 4.79 Å². The van der Waals surface area contributed by atoms with E-state index in [1.165, 1.54) is 18.2 Å². The second-order valence-corrected chi connectivity index (χ2v) is 8.46. The van der Waals surface area contributed by atoms with Crippen molar-refractivity contribution in [3.05, 3.63) is 70.6 Å². The number of aliphatic hydroxyl groups excluding tert-OH is 2. The van der Waals surface area contributed by atoms with E-state index in [-0.39, 0.29) is 18.2 Å². The number of fused-ring (bicyclic) bond motifs is 1. The zero-order valence-electron chi connectivity index (χ0n) is 17.8. The monoisotopic (exact) mass is 457 g/mol. The maximum absolute atomic E-state index is 13.6. The number of hydrogen-bond acceptors (Lipinski definition) is 4. The van der Waals surface area contributed by atoms with Crippen molar-refractivity contribution >= 4 is 34.5 Å². The molecule has 168 valence electrons. The Bertz CT molecular complexity index is 1140. The second-order valence-electron chi connectivity index (χ2n) is 8.02. The van der Waals surface area contributed by atoms with Crippen LogP contribution in [0.2, 0.25) is 5.02 Å². The quantitative estimate of drug-likeness (QED) is 0.420. The van der Waals surface area contributed by atoms with Crippen molar-refractivity contribution in [3.8, 4) is 11.1 Å². The molecule has 0 saturated carbocycles. The number of carboxylic acid groups (broad SMARTS) is 1. The summed E-state index contributed by atoms with van der Waals surface area (Å²) in [6, 6.07) is 11.5. The fourth-order valence-corrected chi connectivity index (χ4v) is 3.83. The van der Waals surface area contributed by atoms with Crippen molar-refractivity contribution in [3.63, 3.8) is 0 Å². The summed E-state index contributed by atoms with van der Waals surface area (Å²) in [5.41, 5.74) is 3.84. The van der Waals surface area contributed by atoms with Gasteiger partial charge in [0.05, 0.1) is 29.8 Å². The molecule has 32 heavy (non-hydrogen) atoms. The first-order chi connectivity index (χ1) is 15.2. The van der Waals surface area contributed by atoms with Gasteiger partial charge < -0.3 is 15.3 Å². The molecule has 0 radical (unpaired) electrons. The highest BCUT2D eigenvalue weighted by molar-refractivity contribution is 6.31. The Kier molecular flexibility index (Phi) is 7.61.